The van der Waals surface area contributed by atoms with Crippen LogP contribution in [0, 0.1) is 13.8 Å². The van der Waals surface area contributed by atoms with Crippen molar-refractivity contribution in [1.82, 2.24) is 19.9 Å². The molecule has 29 heavy (non-hydrogen) atoms. The zero-order chi connectivity index (χ0) is 20.2. The van der Waals surface area contributed by atoms with Gasteiger partial charge in [-0.1, -0.05) is 16.9 Å². The third-order valence-electron chi connectivity index (χ3n) is 4.11. The number of anilines is 1. The topological polar surface area (TPSA) is 99.0 Å². The van der Waals surface area contributed by atoms with Gasteiger partial charge in [0.15, 0.2) is 0 Å². The Morgan fingerprint density at radius 2 is 2.07 bits per heavy atom. The predicted molar refractivity (Wildman–Crippen MR) is 108 cm³/mol. The van der Waals surface area contributed by atoms with Crippen LogP contribution in [0.3, 0.4) is 0 Å². The molecule has 1 N–H and O–H groups in total. The molecule has 0 fully saturated rings. The number of rotatable bonds is 7. The van der Waals surface area contributed by atoms with Gasteiger partial charge in [0.25, 0.3) is 5.91 Å². The van der Waals surface area contributed by atoms with Crippen molar-refractivity contribution in [3.63, 3.8) is 0 Å². The molecule has 0 spiro atoms. The second-order valence-corrected chi connectivity index (χ2v) is 7.38. The van der Waals surface area contributed by atoms with E-state index in [0.717, 1.165) is 23.0 Å². The van der Waals surface area contributed by atoms with Crippen molar-refractivity contribution >= 4 is 23.5 Å². The number of aryl methyl sites for hydroxylation is 2. The van der Waals surface area contributed by atoms with Gasteiger partial charge in [0.2, 0.25) is 0 Å². The van der Waals surface area contributed by atoms with Crippen LogP contribution >= 0.6 is 11.8 Å². The molecule has 4 rings (SSSR count). The van der Waals surface area contributed by atoms with E-state index in [2.05, 4.69) is 20.6 Å². The standard InChI is InChI=1S/C20H19N5O3S/c1-13-5-6-16(27-13)11-25-18(7-9-22-25)23-19(26)17-4-3-8-21-20(17)29-12-15-10-14(2)28-24-15/h3-10H,11-12H2,1-2H3,(H,23,26). The van der Waals surface area contributed by atoms with Gasteiger partial charge in [-0.15, -0.1) is 0 Å². The molecule has 0 saturated carbocycles. The number of furan rings is 1. The highest BCUT2D eigenvalue weighted by Crippen LogP contribution is 2.25. The predicted octanol–water partition coefficient (Wildman–Crippen LogP) is 4.07. The van der Waals surface area contributed by atoms with Gasteiger partial charge in [-0.25, -0.2) is 9.67 Å². The lowest BCUT2D eigenvalue weighted by Crippen LogP contribution is -2.17. The van der Waals surface area contributed by atoms with Crippen LogP contribution in [0.15, 0.2) is 62.8 Å². The summed E-state index contributed by atoms with van der Waals surface area (Å²) in [6.45, 7) is 4.15. The number of carbonyl (C=O) groups excluding carboxylic acids is 1. The van der Waals surface area contributed by atoms with Crippen LogP contribution in [-0.2, 0) is 12.3 Å². The van der Waals surface area contributed by atoms with E-state index in [-0.39, 0.29) is 5.91 Å². The number of thioether (sulfide) groups is 1. The lowest BCUT2D eigenvalue weighted by atomic mass is 10.2. The third-order valence-corrected chi connectivity index (χ3v) is 5.15. The van der Waals surface area contributed by atoms with Crippen molar-refractivity contribution in [3.05, 3.63) is 77.3 Å². The Labute approximate surface area is 171 Å². The summed E-state index contributed by atoms with van der Waals surface area (Å²) in [5, 5.41) is 11.8. The average Bonchev–Trinajstić information content (AvgIpc) is 3.43. The molecule has 0 radical (unpaired) electrons. The highest BCUT2D eigenvalue weighted by atomic mass is 32.2. The van der Waals surface area contributed by atoms with Crippen molar-refractivity contribution < 1.29 is 13.7 Å². The van der Waals surface area contributed by atoms with Crippen LogP contribution in [-0.4, -0.2) is 25.8 Å². The fourth-order valence-electron chi connectivity index (χ4n) is 2.77. The third kappa shape index (κ3) is 4.57. The summed E-state index contributed by atoms with van der Waals surface area (Å²) in [7, 11) is 0. The van der Waals surface area contributed by atoms with Crippen molar-refractivity contribution in [1.29, 1.82) is 0 Å². The molecule has 0 aliphatic rings. The zero-order valence-electron chi connectivity index (χ0n) is 16.0. The minimum Gasteiger partial charge on any atom is -0.464 e. The summed E-state index contributed by atoms with van der Waals surface area (Å²) < 4.78 is 12.4. The maximum absolute atomic E-state index is 12.9. The minimum atomic E-state index is -0.255. The van der Waals surface area contributed by atoms with Crippen LogP contribution in [0.2, 0.25) is 0 Å². The molecule has 0 atom stereocenters. The molecule has 0 aliphatic carbocycles. The lowest BCUT2D eigenvalue weighted by molar-refractivity contribution is 0.102. The van der Waals surface area contributed by atoms with Crippen molar-refractivity contribution in [2.75, 3.05) is 5.32 Å². The first-order valence-corrected chi connectivity index (χ1v) is 9.95. The first-order valence-electron chi connectivity index (χ1n) is 8.97. The van der Waals surface area contributed by atoms with Crippen molar-refractivity contribution in [3.8, 4) is 0 Å². The normalized spacial score (nSPS) is 11.0. The maximum atomic E-state index is 12.9. The summed E-state index contributed by atoms with van der Waals surface area (Å²) >= 11 is 1.43. The van der Waals surface area contributed by atoms with Crippen molar-refractivity contribution in [2.24, 2.45) is 0 Å². The van der Waals surface area contributed by atoms with E-state index < -0.39 is 0 Å². The van der Waals surface area contributed by atoms with Crippen LogP contribution in [0.25, 0.3) is 0 Å². The summed E-state index contributed by atoms with van der Waals surface area (Å²) in [6.07, 6.45) is 3.30. The van der Waals surface area contributed by atoms with E-state index in [1.54, 1.807) is 35.3 Å². The van der Waals surface area contributed by atoms with E-state index in [1.807, 2.05) is 32.0 Å². The number of hydrogen-bond acceptors (Lipinski definition) is 7. The smallest absolute Gasteiger partial charge is 0.259 e. The van der Waals surface area contributed by atoms with Gasteiger partial charge in [-0.05, 0) is 38.1 Å². The monoisotopic (exact) mass is 409 g/mol. The Morgan fingerprint density at radius 1 is 1.17 bits per heavy atom. The molecule has 0 aliphatic heterocycles. The molecular formula is C20H19N5O3S. The van der Waals surface area contributed by atoms with Gasteiger partial charge < -0.3 is 14.3 Å². The fourth-order valence-corrected chi connectivity index (χ4v) is 3.65. The Balaban J connectivity index is 1.47. The summed E-state index contributed by atoms with van der Waals surface area (Å²) in [5.41, 5.74) is 1.29. The van der Waals surface area contributed by atoms with Gasteiger partial charge in [0.05, 0.1) is 17.5 Å². The van der Waals surface area contributed by atoms with E-state index in [1.165, 1.54) is 11.8 Å². The molecule has 1 amide bonds. The van der Waals surface area contributed by atoms with Gasteiger partial charge in [-0.3, -0.25) is 4.79 Å². The molecule has 148 valence electrons. The van der Waals surface area contributed by atoms with Gasteiger partial charge in [-0.2, -0.15) is 5.10 Å². The first kappa shape index (κ1) is 19.0. The molecule has 9 heteroatoms. The minimum absolute atomic E-state index is 0.255. The van der Waals surface area contributed by atoms with E-state index >= 15 is 0 Å². The van der Waals surface area contributed by atoms with E-state index in [0.29, 0.717) is 28.7 Å². The van der Waals surface area contributed by atoms with Crippen LogP contribution in [0.4, 0.5) is 5.82 Å². The summed E-state index contributed by atoms with van der Waals surface area (Å²) in [5.74, 6) is 3.23. The molecule has 4 heterocycles. The largest absolute Gasteiger partial charge is 0.464 e. The number of amides is 1. The highest BCUT2D eigenvalue weighted by Gasteiger charge is 2.16. The Morgan fingerprint density at radius 3 is 2.83 bits per heavy atom. The van der Waals surface area contributed by atoms with E-state index in [9.17, 15) is 4.79 Å². The molecule has 0 bridgehead atoms. The first-order chi connectivity index (χ1) is 14.1. The number of hydrogen-bond donors (Lipinski definition) is 1. The highest BCUT2D eigenvalue weighted by molar-refractivity contribution is 7.98. The summed E-state index contributed by atoms with van der Waals surface area (Å²) in [6, 6.07) is 10.9. The Bertz CT molecular complexity index is 1130. The van der Waals surface area contributed by atoms with Crippen LogP contribution < -0.4 is 5.32 Å². The lowest BCUT2D eigenvalue weighted by Gasteiger charge is -2.10. The Kier molecular flexibility index (Phi) is 5.48. The zero-order valence-corrected chi connectivity index (χ0v) is 16.8. The summed E-state index contributed by atoms with van der Waals surface area (Å²) in [4.78, 5) is 17.2. The molecule has 0 saturated heterocycles. The molecule has 0 unspecified atom stereocenters. The number of pyridine rings is 1. The molecule has 4 aromatic heterocycles. The number of nitrogens with one attached hydrogen (secondary N) is 1. The fraction of sp³-hybridized carbons (Fsp3) is 0.200. The second kappa shape index (κ2) is 8.36. The molecular weight excluding hydrogens is 390 g/mol. The number of aromatic nitrogens is 4. The van der Waals surface area contributed by atoms with Crippen molar-refractivity contribution in [2.45, 2.75) is 31.2 Å². The molecule has 4 aromatic rings. The molecule has 0 aromatic carbocycles. The quantitative estimate of drug-likeness (QED) is 0.459. The SMILES string of the molecule is Cc1cc(CSc2ncccc2C(=O)Nc2ccnn2Cc2ccc(C)o2)no1. The Hall–Kier alpha value is -3.33. The van der Waals surface area contributed by atoms with Crippen LogP contribution in [0.1, 0.15) is 33.3 Å². The van der Waals surface area contributed by atoms with Crippen LogP contribution in [0.5, 0.6) is 0 Å². The van der Waals surface area contributed by atoms with E-state index in [4.69, 9.17) is 8.94 Å². The van der Waals surface area contributed by atoms with Gasteiger partial charge in [0.1, 0.15) is 34.7 Å². The average molecular weight is 409 g/mol. The number of nitrogens with zero attached hydrogens (tertiary/aromatic N) is 4. The maximum Gasteiger partial charge on any atom is 0.259 e. The molecule has 8 nitrogen and oxygen atoms in total. The van der Waals surface area contributed by atoms with Gasteiger partial charge >= 0.3 is 0 Å². The van der Waals surface area contributed by atoms with Gasteiger partial charge in [0, 0.05) is 24.1 Å². The number of carbonyl (C=O) groups is 1. The second-order valence-electron chi connectivity index (χ2n) is 6.41.